The summed E-state index contributed by atoms with van der Waals surface area (Å²) in [5.41, 5.74) is 2.88. The number of hydrogen-bond acceptors (Lipinski definition) is 5. The lowest BCUT2D eigenvalue weighted by atomic mass is 9.98. The van der Waals surface area contributed by atoms with E-state index in [1.54, 1.807) is 23.3 Å². The minimum absolute atomic E-state index is 0.0211. The molecule has 7 heteroatoms. The first kappa shape index (κ1) is 19.0. The van der Waals surface area contributed by atoms with E-state index >= 15 is 0 Å². The molecule has 0 saturated carbocycles. The second kappa shape index (κ2) is 8.34. The number of nitrogens with zero attached hydrogens (tertiary/aromatic N) is 4. The molecule has 2 aromatic heterocycles. The molecule has 4 rings (SSSR count). The van der Waals surface area contributed by atoms with Crippen LogP contribution in [0.25, 0.3) is 5.82 Å². The van der Waals surface area contributed by atoms with Crippen LogP contribution in [-0.2, 0) is 13.0 Å². The first-order valence-electron chi connectivity index (χ1n) is 9.84. The van der Waals surface area contributed by atoms with E-state index in [0.717, 1.165) is 29.3 Å². The number of amides is 1. The number of carbonyl (C=O) groups is 1. The fraction of sp³-hybridized carbons (Fsp3) is 0.318. The second-order valence-electron chi connectivity index (χ2n) is 6.79. The average Bonchev–Trinajstić information content (AvgIpc) is 3.29. The Morgan fingerprint density at radius 3 is 2.48 bits per heavy atom. The van der Waals surface area contributed by atoms with Gasteiger partial charge in [0, 0.05) is 31.7 Å². The summed E-state index contributed by atoms with van der Waals surface area (Å²) >= 11 is 0. The highest BCUT2D eigenvalue weighted by molar-refractivity contribution is 5.94. The van der Waals surface area contributed by atoms with Crippen molar-refractivity contribution in [3.8, 4) is 17.3 Å². The Morgan fingerprint density at radius 1 is 1.10 bits per heavy atom. The predicted octanol–water partition coefficient (Wildman–Crippen LogP) is 3.26. The lowest BCUT2D eigenvalue weighted by Crippen LogP contribution is -2.36. The van der Waals surface area contributed by atoms with Gasteiger partial charge in [-0.25, -0.2) is 9.97 Å². The maximum Gasteiger partial charge on any atom is 0.255 e. The Bertz CT molecular complexity index is 984. The smallest absolute Gasteiger partial charge is 0.255 e. The number of hydrogen-bond donors (Lipinski definition) is 0. The third-order valence-corrected chi connectivity index (χ3v) is 4.93. The first-order chi connectivity index (χ1) is 14.2. The number of pyridine rings is 1. The Kier molecular flexibility index (Phi) is 5.46. The molecular weight excluding hydrogens is 368 g/mol. The molecule has 1 aliphatic heterocycles. The van der Waals surface area contributed by atoms with E-state index in [9.17, 15) is 4.79 Å². The predicted molar refractivity (Wildman–Crippen MR) is 109 cm³/mol. The fourth-order valence-electron chi connectivity index (χ4n) is 3.52. The molecule has 0 radical (unpaired) electrons. The summed E-state index contributed by atoms with van der Waals surface area (Å²) in [6.07, 6.45) is 7.60. The molecule has 0 unspecified atom stereocenters. The summed E-state index contributed by atoms with van der Waals surface area (Å²) in [5, 5.41) is 0. The van der Waals surface area contributed by atoms with Crippen molar-refractivity contribution >= 4 is 5.91 Å². The van der Waals surface area contributed by atoms with Crippen LogP contribution in [0, 0.1) is 0 Å². The average molecular weight is 392 g/mol. The zero-order chi connectivity index (χ0) is 20.2. The zero-order valence-corrected chi connectivity index (χ0v) is 16.7. The number of aromatic nitrogens is 3. The van der Waals surface area contributed by atoms with E-state index in [-0.39, 0.29) is 5.91 Å². The molecule has 0 saturated heterocycles. The van der Waals surface area contributed by atoms with E-state index in [2.05, 4.69) is 9.97 Å². The van der Waals surface area contributed by atoms with Crippen LogP contribution in [0.15, 0.2) is 49.2 Å². The van der Waals surface area contributed by atoms with Crippen molar-refractivity contribution in [1.82, 2.24) is 19.4 Å². The SMILES string of the molecule is CCOc1cc2c(cc1OCC)CN(C(=O)c1ccc(-n3ccnc3)nc1)CC2. The van der Waals surface area contributed by atoms with Crippen LogP contribution in [0.5, 0.6) is 11.5 Å². The quantitative estimate of drug-likeness (QED) is 0.644. The van der Waals surface area contributed by atoms with E-state index in [1.165, 1.54) is 5.56 Å². The maximum absolute atomic E-state index is 13.0. The van der Waals surface area contributed by atoms with Crippen LogP contribution < -0.4 is 9.47 Å². The molecule has 0 bridgehead atoms. The van der Waals surface area contributed by atoms with Crippen molar-refractivity contribution in [1.29, 1.82) is 0 Å². The molecular formula is C22H24N4O3. The largest absolute Gasteiger partial charge is 0.490 e. The van der Waals surface area contributed by atoms with Crippen molar-refractivity contribution in [2.45, 2.75) is 26.8 Å². The van der Waals surface area contributed by atoms with Crippen molar-refractivity contribution in [2.75, 3.05) is 19.8 Å². The summed E-state index contributed by atoms with van der Waals surface area (Å²) in [7, 11) is 0. The molecule has 1 aliphatic rings. The van der Waals surface area contributed by atoms with Crippen LogP contribution in [0.1, 0.15) is 35.3 Å². The van der Waals surface area contributed by atoms with Crippen LogP contribution in [0.4, 0.5) is 0 Å². The van der Waals surface area contributed by atoms with Crippen molar-refractivity contribution < 1.29 is 14.3 Å². The van der Waals surface area contributed by atoms with Gasteiger partial charge in [0.25, 0.3) is 5.91 Å². The van der Waals surface area contributed by atoms with Crippen molar-refractivity contribution in [3.63, 3.8) is 0 Å². The number of fused-ring (bicyclic) bond motifs is 1. The third-order valence-electron chi connectivity index (χ3n) is 4.93. The number of rotatable bonds is 6. The monoisotopic (exact) mass is 392 g/mol. The molecule has 1 aromatic carbocycles. The maximum atomic E-state index is 13.0. The van der Waals surface area contributed by atoms with Gasteiger partial charge in [0.15, 0.2) is 11.5 Å². The molecule has 1 amide bonds. The summed E-state index contributed by atoms with van der Waals surface area (Å²) in [4.78, 5) is 23.3. The summed E-state index contributed by atoms with van der Waals surface area (Å²) in [6.45, 7) is 6.27. The number of carbonyl (C=O) groups excluding carboxylic acids is 1. The standard InChI is InChI=1S/C22H24N4O3/c1-3-28-19-11-16-7-9-25(14-18(16)12-20(19)29-4-2)22(27)17-5-6-21(24-13-17)26-10-8-23-15-26/h5-6,8,10-13,15H,3-4,7,9,14H2,1-2H3. The van der Waals surface area contributed by atoms with Gasteiger partial charge in [0.1, 0.15) is 12.1 Å². The van der Waals surface area contributed by atoms with Gasteiger partial charge in [0.2, 0.25) is 0 Å². The van der Waals surface area contributed by atoms with E-state index in [1.807, 2.05) is 49.2 Å². The van der Waals surface area contributed by atoms with Crippen LogP contribution in [0.2, 0.25) is 0 Å². The minimum atomic E-state index is -0.0211. The van der Waals surface area contributed by atoms with Gasteiger partial charge in [0.05, 0.1) is 18.8 Å². The normalized spacial score (nSPS) is 13.1. The molecule has 29 heavy (non-hydrogen) atoms. The lowest BCUT2D eigenvalue weighted by molar-refractivity contribution is 0.0734. The Balaban J connectivity index is 1.53. The molecule has 0 aliphatic carbocycles. The van der Waals surface area contributed by atoms with Gasteiger partial charge in [-0.2, -0.15) is 0 Å². The molecule has 150 valence electrons. The summed E-state index contributed by atoms with van der Waals surface area (Å²) in [5.74, 6) is 2.21. The van der Waals surface area contributed by atoms with Gasteiger partial charge in [-0.3, -0.25) is 9.36 Å². The van der Waals surface area contributed by atoms with Gasteiger partial charge in [-0.1, -0.05) is 0 Å². The third kappa shape index (κ3) is 3.94. The van der Waals surface area contributed by atoms with Gasteiger partial charge in [-0.05, 0) is 55.7 Å². The lowest BCUT2D eigenvalue weighted by Gasteiger charge is -2.30. The van der Waals surface area contributed by atoms with E-state index < -0.39 is 0 Å². The van der Waals surface area contributed by atoms with Gasteiger partial charge >= 0.3 is 0 Å². The van der Waals surface area contributed by atoms with Gasteiger partial charge in [-0.15, -0.1) is 0 Å². The van der Waals surface area contributed by atoms with Crippen molar-refractivity contribution in [2.24, 2.45) is 0 Å². The van der Waals surface area contributed by atoms with Crippen molar-refractivity contribution in [3.05, 3.63) is 65.9 Å². The number of ether oxygens (including phenoxy) is 2. The summed E-state index contributed by atoms with van der Waals surface area (Å²) < 4.78 is 13.3. The zero-order valence-electron chi connectivity index (χ0n) is 16.7. The molecule has 3 heterocycles. The second-order valence-corrected chi connectivity index (χ2v) is 6.79. The van der Waals surface area contributed by atoms with Crippen LogP contribution in [-0.4, -0.2) is 45.1 Å². The van der Waals surface area contributed by atoms with E-state index in [0.29, 0.717) is 31.9 Å². The molecule has 0 fully saturated rings. The number of imidazole rings is 1. The molecule has 0 spiro atoms. The topological polar surface area (TPSA) is 69.5 Å². The Labute approximate surface area is 169 Å². The highest BCUT2D eigenvalue weighted by Gasteiger charge is 2.24. The molecule has 0 atom stereocenters. The molecule has 3 aromatic rings. The molecule has 7 nitrogen and oxygen atoms in total. The molecule has 0 N–H and O–H groups in total. The van der Waals surface area contributed by atoms with Crippen LogP contribution >= 0.6 is 0 Å². The van der Waals surface area contributed by atoms with Crippen LogP contribution in [0.3, 0.4) is 0 Å². The summed E-state index contributed by atoms with van der Waals surface area (Å²) in [6, 6.07) is 7.69. The Morgan fingerprint density at radius 2 is 1.86 bits per heavy atom. The highest BCUT2D eigenvalue weighted by atomic mass is 16.5. The highest BCUT2D eigenvalue weighted by Crippen LogP contribution is 2.34. The van der Waals surface area contributed by atoms with Gasteiger partial charge < -0.3 is 14.4 Å². The number of benzene rings is 1. The van der Waals surface area contributed by atoms with E-state index in [4.69, 9.17) is 9.47 Å². The Hall–Kier alpha value is -3.35. The first-order valence-corrected chi connectivity index (χ1v) is 9.84. The fourth-order valence-corrected chi connectivity index (χ4v) is 3.52. The minimum Gasteiger partial charge on any atom is -0.490 e.